The summed E-state index contributed by atoms with van der Waals surface area (Å²) < 4.78 is 30.7. The normalized spacial score (nSPS) is 22.9. The van der Waals surface area contributed by atoms with Gasteiger partial charge in [-0.3, -0.25) is 29.0 Å². The van der Waals surface area contributed by atoms with Crippen LogP contribution < -0.4 is 10.7 Å². The van der Waals surface area contributed by atoms with Gasteiger partial charge in [0.1, 0.15) is 23.7 Å². The molecule has 3 N–H and O–H groups in total. The number of hydrogen-bond donors (Lipinski definition) is 3. The smallest absolute Gasteiger partial charge is 0.324 e. The summed E-state index contributed by atoms with van der Waals surface area (Å²) in [4.78, 5) is 72.7. The van der Waals surface area contributed by atoms with Crippen LogP contribution in [-0.2, 0) is 59.3 Å². The van der Waals surface area contributed by atoms with Gasteiger partial charge in [0.25, 0.3) is 0 Å². The van der Waals surface area contributed by atoms with Gasteiger partial charge >= 0.3 is 5.97 Å². The summed E-state index contributed by atoms with van der Waals surface area (Å²) in [7, 11) is 3.27. The van der Waals surface area contributed by atoms with Crippen LogP contribution in [0.3, 0.4) is 0 Å². The summed E-state index contributed by atoms with van der Waals surface area (Å²) in [5.74, 6) is -3.00. The molecule has 4 aromatic rings. The van der Waals surface area contributed by atoms with Crippen molar-refractivity contribution in [3.63, 3.8) is 0 Å². The molecule has 8 rings (SSSR count). The van der Waals surface area contributed by atoms with Crippen LogP contribution in [0, 0.1) is 28.5 Å². The molecule has 3 aliphatic heterocycles. The first-order chi connectivity index (χ1) is 32.9. The molecule has 3 fully saturated rings. The standard InChI is InChI=1S/C54H67FN6O8/c1-9-45(63)59-20-17-35(30-59)50(65)58(7)46(32(3)4)49(64)56-44-29-54(44)27-33-22-36(24-38(62)23-33)37-25-40-41(28-53(5,6)31-69-51(66)43-16-13-19-61(57-43)52(54)67)47(60(10-2)48(40)42(55)26-37)39-15-12-11-14-34(39)18-21-68-8/h9,11-12,14-15,22-26,32,35,43-44,46,57,62H,1,10,13,16-21,27-31H2,2-8H3,(H,56,64)/t35-,43-,44?,46-,54-/m0/s1. The Morgan fingerprint density at radius 2 is 1.83 bits per heavy atom. The monoisotopic (exact) mass is 947 g/mol. The maximum absolute atomic E-state index is 17.1. The largest absolute Gasteiger partial charge is 0.508 e. The molecule has 0 radical (unpaired) electrons. The topological polar surface area (TPSA) is 163 Å². The number of phenolic OH excluding ortho intramolecular Hbond substituents is 1. The number of carbonyl (C=O) groups is 5. The van der Waals surface area contributed by atoms with Crippen molar-refractivity contribution in [2.45, 2.75) is 104 Å². The first-order valence-corrected chi connectivity index (χ1v) is 24.4. The molecular weight excluding hydrogens is 880 g/mol. The first kappa shape index (κ1) is 49.4. The lowest BCUT2D eigenvalue weighted by molar-refractivity contribution is -0.156. The Morgan fingerprint density at radius 1 is 1.07 bits per heavy atom. The van der Waals surface area contributed by atoms with E-state index in [9.17, 15) is 24.3 Å². The lowest BCUT2D eigenvalue weighted by atomic mass is 9.83. The number of likely N-dealkylation sites (N-methyl/N-ethyl adjacent to an activating group) is 1. The molecule has 4 aliphatic rings. The van der Waals surface area contributed by atoms with Crippen molar-refractivity contribution in [1.82, 2.24) is 30.1 Å². The van der Waals surface area contributed by atoms with Crippen LogP contribution in [0.5, 0.6) is 5.75 Å². The van der Waals surface area contributed by atoms with Crippen LogP contribution in [0.25, 0.3) is 33.3 Å². The molecule has 4 heterocycles. The molecular formula is C54H67FN6O8. The van der Waals surface area contributed by atoms with E-state index in [1.54, 1.807) is 31.2 Å². The maximum atomic E-state index is 17.1. The molecule has 6 bridgehead atoms. The predicted molar refractivity (Wildman–Crippen MR) is 261 cm³/mol. The number of methoxy groups -OCH3 is 1. The number of aryl methyl sites for hydroxylation is 1. The Hall–Kier alpha value is -6.06. The van der Waals surface area contributed by atoms with Crippen LogP contribution in [0.4, 0.5) is 4.39 Å². The highest BCUT2D eigenvalue weighted by Crippen LogP contribution is 2.51. The quantitative estimate of drug-likeness (QED) is 0.111. The van der Waals surface area contributed by atoms with Crippen molar-refractivity contribution in [2.75, 3.05) is 47.0 Å². The van der Waals surface area contributed by atoms with E-state index in [-0.39, 0.29) is 55.4 Å². The Morgan fingerprint density at radius 3 is 2.55 bits per heavy atom. The average molecular weight is 947 g/mol. The highest BCUT2D eigenvalue weighted by molar-refractivity contribution is 5.97. The lowest BCUT2D eigenvalue weighted by Crippen LogP contribution is -2.58. The van der Waals surface area contributed by atoms with Crippen molar-refractivity contribution in [2.24, 2.45) is 22.7 Å². The molecule has 2 saturated heterocycles. The van der Waals surface area contributed by atoms with Crippen LogP contribution >= 0.6 is 0 Å². The van der Waals surface area contributed by atoms with E-state index in [2.05, 4.69) is 29.5 Å². The number of benzene rings is 3. The van der Waals surface area contributed by atoms with E-state index in [0.717, 1.165) is 22.4 Å². The number of amides is 4. The third-order valence-electron chi connectivity index (χ3n) is 14.7. The van der Waals surface area contributed by atoms with Crippen molar-refractivity contribution in [3.05, 3.63) is 89.8 Å². The van der Waals surface area contributed by atoms with E-state index >= 15 is 9.18 Å². The summed E-state index contributed by atoms with van der Waals surface area (Å²) in [6, 6.07) is 14.3. The highest BCUT2D eigenvalue weighted by Gasteiger charge is 2.62. The number of nitrogens with zero attached hydrogens (tertiary/aromatic N) is 4. The Bertz CT molecular complexity index is 2680. The van der Waals surface area contributed by atoms with Gasteiger partial charge in [0.15, 0.2) is 0 Å². The van der Waals surface area contributed by atoms with Gasteiger partial charge in [-0.15, -0.1) is 0 Å². The minimum Gasteiger partial charge on any atom is -0.508 e. The molecule has 14 nitrogen and oxygen atoms in total. The molecule has 1 unspecified atom stereocenters. The fourth-order valence-electron chi connectivity index (χ4n) is 11.1. The number of cyclic esters (lactones) is 1. The fourth-order valence-corrected chi connectivity index (χ4v) is 11.1. The number of ether oxygens (including phenoxy) is 2. The van der Waals surface area contributed by atoms with Crippen LogP contribution in [0.1, 0.15) is 77.0 Å². The number of carbonyl (C=O) groups excluding carboxylic acids is 5. The lowest BCUT2D eigenvalue weighted by Gasteiger charge is -2.36. The number of rotatable bonds is 11. The summed E-state index contributed by atoms with van der Waals surface area (Å²) in [6.45, 7) is 15.3. The van der Waals surface area contributed by atoms with Gasteiger partial charge in [-0.1, -0.05) is 64.6 Å². The molecule has 1 saturated carbocycles. The summed E-state index contributed by atoms with van der Waals surface area (Å²) in [5.41, 5.74) is 7.29. The van der Waals surface area contributed by atoms with E-state index < -0.39 is 52.6 Å². The van der Waals surface area contributed by atoms with E-state index in [0.29, 0.717) is 85.9 Å². The Balaban J connectivity index is 1.19. The number of fused-ring (bicyclic) bond motifs is 6. The summed E-state index contributed by atoms with van der Waals surface area (Å²) in [6.07, 6.45) is 4.09. The van der Waals surface area contributed by atoms with Gasteiger partial charge in [0.2, 0.25) is 23.6 Å². The number of aromatic hydroxyl groups is 1. The summed E-state index contributed by atoms with van der Waals surface area (Å²) >= 11 is 0. The second-order valence-corrected chi connectivity index (χ2v) is 20.7. The molecule has 1 spiro atoms. The minimum absolute atomic E-state index is 0.0531. The molecule has 15 heteroatoms. The average Bonchev–Trinajstić information content (AvgIpc) is 3.61. The van der Waals surface area contributed by atoms with Crippen LogP contribution in [-0.4, -0.2) is 119 Å². The predicted octanol–water partition coefficient (Wildman–Crippen LogP) is 6.58. The van der Waals surface area contributed by atoms with Gasteiger partial charge in [-0.05, 0) is 116 Å². The molecule has 1 aliphatic carbocycles. The number of hydrazine groups is 1. The fraction of sp³-hybridized carbons (Fsp3) is 0.500. The number of hydrogen-bond acceptors (Lipinski definition) is 9. The Labute approximate surface area is 404 Å². The van der Waals surface area contributed by atoms with Gasteiger partial charge < -0.3 is 34.3 Å². The third kappa shape index (κ3) is 9.77. The number of phenols is 1. The second kappa shape index (κ2) is 19.7. The molecule has 4 amide bonds. The Kier molecular flexibility index (Phi) is 14.1. The van der Waals surface area contributed by atoms with Crippen LogP contribution in [0.2, 0.25) is 0 Å². The van der Waals surface area contributed by atoms with E-state index in [4.69, 9.17) is 9.47 Å². The highest BCUT2D eigenvalue weighted by atomic mass is 19.1. The zero-order chi connectivity index (χ0) is 49.5. The number of likely N-dealkylation sites (tertiary alicyclic amines) is 1. The third-order valence-corrected chi connectivity index (χ3v) is 14.7. The maximum Gasteiger partial charge on any atom is 0.324 e. The van der Waals surface area contributed by atoms with Gasteiger partial charge in [0, 0.05) is 62.7 Å². The zero-order valence-electron chi connectivity index (χ0n) is 41.0. The van der Waals surface area contributed by atoms with E-state index in [1.165, 1.54) is 22.1 Å². The van der Waals surface area contributed by atoms with Gasteiger partial charge in [0.05, 0.1) is 35.8 Å². The first-order valence-electron chi connectivity index (χ1n) is 24.4. The number of nitrogens with one attached hydrogen (secondary N) is 2. The number of aromatic nitrogens is 1. The summed E-state index contributed by atoms with van der Waals surface area (Å²) in [5, 5.41) is 16.7. The zero-order valence-corrected chi connectivity index (χ0v) is 41.0. The second-order valence-electron chi connectivity index (χ2n) is 20.7. The SMILES string of the molecule is C=CC(=O)N1CC[C@H](C(=O)N(C)[C@H](C(=O)NC2C[C@@]23Cc2cc(O)cc(c2)-c2cc(F)c4c(c2)c(c(-c2ccccc2CCOC)n4CC)CC(C)(C)COC(=O)[C@@H]2CCCN(N2)C3=O)C(C)C)C1. The number of halogens is 1. The molecule has 5 atom stereocenters. The number of esters is 1. The van der Waals surface area contributed by atoms with Crippen molar-refractivity contribution >= 4 is 40.5 Å². The van der Waals surface area contributed by atoms with E-state index in [1.807, 2.05) is 63.5 Å². The molecule has 69 heavy (non-hydrogen) atoms. The van der Waals surface area contributed by atoms with Crippen LogP contribution in [0.15, 0.2) is 67.3 Å². The molecule has 368 valence electrons. The van der Waals surface area contributed by atoms with Crippen molar-refractivity contribution in [1.29, 1.82) is 0 Å². The molecule has 3 aromatic carbocycles. The van der Waals surface area contributed by atoms with Crippen molar-refractivity contribution in [3.8, 4) is 28.1 Å². The van der Waals surface area contributed by atoms with Gasteiger partial charge in [-0.2, -0.15) is 0 Å². The minimum atomic E-state index is -1.21. The van der Waals surface area contributed by atoms with Gasteiger partial charge in [-0.25, -0.2) is 9.82 Å². The molecule has 1 aromatic heterocycles. The van der Waals surface area contributed by atoms with Crippen molar-refractivity contribution < 1.29 is 42.9 Å².